The summed E-state index contributed by atoms with van der Waals surface area (Å²) in [6.07, 6.45) is 0.965. The number of aryl methyl sites for hydroxylation is 2. The summed E-state index contributed by atoms with van der Waals surface area (Å²) in [4.78, 5) is 4.40. The van der Waals surface area contributed by atoms with Gasteiger partial charge in [0.25, 0.3) is 0 Å². The number of hydrogen-bond acceptors (Lipinski definition) is 2. The van der Waals surface area contributed by atoms with E-state index in [9.17, 15) is 0 Å². The number of nitrogens with two attached hydrogens (primary N) is 1. The fourth-order valence-corrected chi connectivity index (χ4v) is 2.16. The Morgan fingerprint density at radius 2 is 1.56 bits per heavy atom. The van der Waals surface area contributed by atoms with Crippen LogP contribution in [0.4, 0.5) is 0 Å². The second-order valence-electron chi connectivity index (χ2n) is 4.78. The van der Waals surface area contributed by atoms with E-state index in [-0.39, 0.29) is 6.04 Å². The van der Waals surface area contributed by atoms with Crippen molar-refractivity contribution in [2.75, 3.05) is 0 Å². The summed E-state index contributed by atoms with van der Waals surface area (Å²) >= 11 is 0. The molecule has 2 aromatic rings. The monoisotopic (exact) mass is 240 g/mol. The van der Waals surface area contributed by atoms with Gasteiger partial charge in [-0.25, -0.2) is 0 Å². The van der Waals surface area contributed by atoms with Gasteiger partial charge in [-0.05, 0) is 49.1 Å². The molecule has 0 bridgehead atoms. The van der Waals surface area contributed by atoms with E-state index in [1.54, 1.807) is 0 Å². The van der Waals surface area contributed by atoms with Gasteiger partial charge >= 0.3 is 0 Å². The van der Waals surface area contributed by atoms with E-state index in [0.717, 1.165) is 17.8 Å². The van der Waals surface area contributed by atoms with Gasteiger partial charge in [0.15, 0.2) is 0 Å². The van der Waals surface area contributed by atoms with Crippen LogP contribution in [0.25, 0.3) is 11.1 Å². The lowest BCUT2D eigenvalue weighted by molar-refractivity contribution is 0.699. The molecule has 1 unspecified atom stereocenters. The third kappa shape index (κ3) is 2.77. The van der Waals surface area contributed by atoms with Gasteiger partial charge in [-0.15, -0.1) is 0 Å². The Bertz CT molecular complexity index is 509. The summed E-state index contributed by atoms with van der Waals surface area (Å²) in [7, 11) is 0. The van der Waals surface area contributed by atoms with Crippen molar-refractivity contribution in [2.24, 2.45) is 5.73 Å². The van der Waals surface area contributed by atoms with Crippen molar-refractivity contribution in [1.82, 2.24) is 4.98 Å². The molecule has 94 valence electrons. The molecule has 0 saturated heterocycles. The van der Waals surface area contributed by atoms with Gasteiger partial charge in [-0.1, -0.05) is 31.2 Å². The minimum atomic E-state index is 0.139. The molecule has 0 spiro atoms. The van der Waals surface area contributed by atoms with Crippen LogP contribution in [0.5, 0.6) is 0 Å². The lowest BCUT2D eigenvalue weighted by atomic mass is 10.00. The number of nitrogens with zero attached hydrogens (tertiary/aromatic N) is 1. The van der Waals surface area contributed by atoms with Crippen LogP contribution in [0.2, 0.25) is 0 Å². The van der Waals surface area contributed by atoms with Crippen LogP contribution in [0.15, 0.2) is 36.4 Å². The molecule has 2 nitrogen and oxygen atoms in total. The second kappa shape index (κ2) is 5.32. The minimum Gasteiger partial charge on any atom is -0.324 e. The highest BCUT2D eigenvalue weighted by atomic mass is 14.7. The molecule has 0 fully saturated rings. The largest absolute Gasteiger partial charge is 0.324 e. The Kier molecular flexibility index (Phi) is 3.78. The van der Waals surface area contributed by atoms with Crippen molar-refractivity contribution in [3.05, 3.63) is 53.3 Å². The summed E-state index contributed by atoms with van der Waals surface area (Å²) in [6.45, 7) is 6.16. The third-order valence-corrected chi connectivity index (χ3v) is 3.19. The van der Waals surface area contributed by atoms with Gasteiger partial charge in [0.1, 0.15) is 0 Å². The van der Waals surface area contributed by atoms with Gasteiger partial charge in [0, 0.05) is 17.4 Å². The molecule has 18 heavy (non-hydrogen) atoms. The molecular weight excluding hydrogens is 220 g/mol. The molecule has 0 radical (unpaired) electrons. The van der Waals surface area contributed by atoms with Crippen LogP contribution >= 0.6 is 0 Å². The van der Waals surface area contributed by atoms with Crippen molar-refractivity contribution >= 4 is 0 Å². The first-order chi connectivity index (χ1) is 8.60. The fraction of sp³-hybridized carbons (Fsp3) is 0.312. The maximum Gasteiger partial charge on any atom is 0.0382 e. The van der Waals surface area contributed by atoms with Crippen molar-refractivity contribution in [3.8, 4) is 11.1 Å². The van der Waals surface area contributed by atoms with Gasteiger partial charge in [-0.3, -0.25) is 4.98 Å². The van der Waals surface area contributed by atoms with E-state index in [1.165, 1.54) is 16.7 Å². The van der Waals surface area contributed by atoms with Gasteiger partial charge in [0.2, 0.25) is 0 Å². The summed E-state index contributed by atoms with van der Waals surface area (Å²) in [5.41, 5.74) is 11.8. The second-order valence-corrected chi connectivity index (χ2v) is 4.78. The van der Waals surface area contributed by atoms with E-state index < -0.39 is 0 Å². The summed E-state index contributed by atoms with van der Waals surface area (Å²) in [5, 5.41) is 0. The van der Waals surface area contributed by atoms with Crippen LogP contribution < -0.4 is 5.73 Å². The topological polar surface area (TPSA) is 38.9 Å². The molecule has 1 heterocycles. The first-order valence-electron chi connectivity index (χ1n) is 6.41. The molecule has 0 aliphatic carbocycles. The Labute approximate surface area is 109 Å². The zero-order valence-corrected chi connectivity index (χ0v) is 11.3. The normalized spacial score (nSPS) is 12.4. The predicted octanol–water partition coefficient (Wildman–Crippen LogP) is 3.78. The number of hydrogen-bond donors (Lipinski definition) is 1. The SMILES string of the molecule is CCC(N)c1ccc(-c2cc(C)nc(C)c2)cc1. The molecule has 2 N–H and O–H groups in total. The van der Waals surface area contributed by atoms with E-state index >= 15 is 0 Å². The lowest BCUT2D eigenvalue weighted by Gasteiger charge is -2.10. The first-order valence-corrected chi connectivity index (χ1v) is 6.41. The molecule has 0 aliphatic heterocycles. The number of pyridine rings is 1. The standard InChI is InChI=1S/C16H20N2/c1-4-16(17)14-7-5-13(6-8-14)15-9-11(2)18-12(3)10-15/h5-10,16H,4,17H2,1-3H3. The van der Waals surface area contributed by atoms with Crippen LogP contribution in [0, 0.1) is 13.8 Å². The molecule has 1 atom stereocenters. The zero-order chi connectivity index (χ0) is 13.1. The lowest BCUT2D eigenvalue weighted by Crippen LogP contribution is -2.08. The maximum absolute atomic E-state index is 6.02. The summed E-state index contributed by atoms with van der Waals surface area (Å²) in [6, 6.07) is 12.9. The fourth-order valence-electron chi connectivity index (χ4n) is 2.16. The summed E-state index contributed by atoms with van der Waals surface area (Å²) < 4.78 is 0. The number of rotatable bonds is 3. The number of benzene rings is 1. The minimum absolute atomic E-state index is 0.139. The average Bonchev–Trinajstić information content (AvgIpc) is 2.37. The zero-order valence-electron chi connectivity index (χ0n) is 11.3. The third-order valence-electron chi connectivity index (χ3n) is 3.19. The first kappa shape index (κ1) is 12.8. The molecule has 0 aliphatic rings. The number of aromatic nitrogens is 1. The maximum atomic E-state index is 6.02. The van der Waals surface area contributed by atoms with Crippen molar-refractivity contribution in [3.63, 3.8) is 0 Å². The molecule has 0 amide bonds. The average molecular weight is 240 g/mol. The van der Waals surface area contributed by atoms with Crippen LogP contribution in [-0.2, 0) is 0 Å². The van der Waals surface area contributed by atoms with Crippen molar-refractivity contribution in [2.45, 2.75) is 33.2 Å². The Morgan fingerprint density at radius 3 is 2.06 bits per heavy atom. The quantitative estimate of drug-likeness (QED) is 0.886. The van der Waals surface area contributed by atoms with Crippen molar-refractivity contribution < 1.29 is 0 Å². The Hall–Kier alpha value is -1.67. The summed E-state index contributed by atoms with van der Waals surface area (Å²) in [5.74, 6) is 0. The van der Waals surface area contributed by atoms with E-state index in [2.05, 4.69) is 48.3 Å². The van der Waals surface area contributed by atoms with Gasteiger partial charge in [-0.2, -0.15) is 0 Å². The molecule has 0 saturated carbocycles. The van der Waals surface area contributed by atoms with E-state index in [4.69, 9.17) is 5.73 Å². The molecule has 1 aromatic heterocycles. The molecule has 2 rings (SSSR count). The highest BCUT2D eigenvalue weighted by Crippen LogP contribution is 2.23. The highest BCUT2D eigenvalue weighted by molar-refractivity contribution is 5.64. The van der Waals surface area contributed by atoms with Crippen LogP contribution in [-0.4, -0.2) is 4.98 Å². The highest BCUT2D eigenvalue weighted by Gasteiger charge is 2.04. The Balaban J connectivity index is 2.34. The predicted molar refractivity (Wildman–Crippen MR) is 76.4 cm³/mol. The molecular formula is C16H20N2. The van der Waals surface area contributed by atoms with Crippen LogP contribution in [0.1, 0.15) is 36.3 Å². The van der Waals surface area contributed by atoms with Gasteiger partial charge < -0.3 is 5.73 Å². The van der Waals surface area contributed by atoms with E-state index in [0.29, 0.717) is 0 Å². The van der Waals surface area contributed by atoms with Gasteiger partial charge in [0.05, 0.1) is 0 Å². The van der Waals surface area contributed by atoms with E-state index in [1.807, 2.05) is 13.8 Å². The van der Waals surface area contributed by atoms with Crippen LogP contribution in [0.3, 0.4) is 0 Å². The Morgan fingerprint density at radius 1 is 1.00 bits per heavy atom. The van der Waals surface area contributed by atoms with Crippen molar-refractivity contribution in [1.29, 1.82) is 0 Å². The smallest absolute Gasteiger partial charge is 0.0382 e. The molecule has 1 aromatic carbocycles. The molecule has 2 heteroatoms.